The number of hydrogen-bond donors (Lipinski definition) is 2. The topological polar surface area (TPSA) is 61.4 Å². The minimum Gasteiger partial charge on any atom is -0.325 e. The monoisotopic (exact) mass is 297 g/mol. The molecule has 0 aliphatic rings. The zero-order valence-corrected chi connectivity index (χ0v) is 12.7. The average molecular weight is 297 g/mol. The molecule has 2 N–H and O–H groups in total. The Bertz CT molecular complexity index is 654. The lowest BCUT2D eigenvalue weighted by Gasteiger charge is -2.11. The number of nitrogens with zero attached hydrogens (tertiary/aromatic N) is 1. The van der Waals surface area contributed by atoms with Crippen LogP contribution >= 0.6 is 0 Å². The zero-order valence-electron chi connectivity index (χ0n) is 12.7. The van der Waals surface area contributed by atoms with Crippen LogP contribution in [-0.4, -0.2) is 37.4 Å². The molecule has 5 heteroatoms. The number of rotatable bonds is 5. The molecule has 0 atom stereocenters. The molecule has 0 unspecified atom stereocenters. The highest BCUT2D eigenvalue weighted by Crippen LogP contribution is 2.16. The molecule has 0 bridgehead atoms. The Kier molecular flexibility index (Phi) is 5.27. The molecule has 2 rings (SSSR count). The van der Waals surface area contributed by atoms with Gasteiger partial charge in [-0.1, -0.05) is 24.3 Å². The van der Waals surface area contributed by atoms with E-state index in [9.17, 15) is 9.59 Å². The zero-order chi connectivity index (χ0) is 15.9. The van der Waals surface area contributed by atoms with Crippen LogP contribution in [0.1, 0.15) is 10.4 Å². The first kappa shape index (κ1) is 15.7. The van der Waals surface area contributed by atoms with Crippen molar-refractivity contribution in [2.45, 2.75) is 0 Å². The van der Waals surface area contributed by atoms with Crippen LogP contribution in [0.5, 0.6) is 0 Å². The molecule has 0 saturated carbocycles. The van der Waals surface area contributed by atoms with Crippen molar-refractivity contribution in [1.29, 1.82) is 0 Å². The van der Waals surface area contributed by atoms with Gasteiger partial charge in [0.25, 0.3) is 5.91 Å². The quantitative estimate of drug-likeness (QED) is 0.891. The SMILES string of the molecule is CN(C)CC(=O)Nc1cccc(NC(=O)c2ccccc2)c1. The van der Waals surface area contributed by atoms with Crippen molar-refractivity contribution >= 4 is 23.2 Å². The van der Waals surface area contributed by atoms with Crippen LogP contribution in [0.15, 0.2) is 54.6 Å². The van der Waals surface area contributed by atoms with E-state index in [1.807, 2.05) is 32.3 Å². The van der Waals surface area contributed by atoms with Gasteiger partial charge < -0.3 is 15.5 Å². The molecular formula is C17H19N3O2. The Morgan fingerprint density at radius 3 is 2.18 bits per heavy atom. The molecule has 0 heterocycles. The van der Waals surface area contributed by atoms with Crippen molar-refractivity contribution in [3.63, 3.8) is 0 Å². The number of likely N-dealkylation sites (N-methyl/N-ethyl adjacent to an activating group) is 1. The van der Waals surface area contributed by atoms with E-state index in [0.717, 1.165) is 0 Å². The molecular weight excluding hydrogens is 278 g/mol. The van der Waals surface area contributed by atoms with Crippen LogP contribution in [0.3, 0.4) is 0 Å². The lowest BCUT2D eigenvalue weighted by Crippen LogP contribution is -2.27. The van der Waals surface area contributed by atoms with E-state index in [2.05, 4.69) is 10.6 Å². The summed E-state index contributed by atoms with van der Waals surface area (Å²) in [7, 11) is 3.66. The van der Waals surface area contributed by atoms with Gasteiger partial charge >= 0.3 is 0 Å². The molecule has 2 aromatic carbocycles. The molecule has 0 aliphatic carbocycles. The molecule has 5 nitrogen and oxygen atoms in total. The van der Waals surface area contributed by atoms with Crippen molar-refractivity contribution in [3.8, 4) is 0 Å². The molecule has 0 saturated heterocycles. The molecule has 0 aliphatic heterocycles. The number of nitrogens with one attached hydrogen (secondary N) is 2. The number of amides is 2. The second-order valence-corrected chi connectivity index (χ2v) is 5.19. The Hall–Kier alpha value is -2.66. The van der Waals surface area contributed by atoms with Crippen molar-refractivity contribution < 1.29 is 9.59 Å². The lowest BCUT2D eigenvalue weighted by molar-refractivity contribution is -0.116. The average Bonchev–Trinajstić information content (AvgIpc) is 2.47. The summed E-state index contributed by atoms with van der Waals surface area (Å²) in [5.74, 6) is -0.283. The third-order valence-electron chi connectivity index (χ3n) is 2.90. The van der Waals surface area contributed by atoms with Gasteiger partial charge in [0, 0.05) is 16.9 Å². The summed E-state index contributed by atoms with van der Waals surface area (Å²) in [6.45, 7) is 0.306. The predicted molar refractivity (Wildman–Crippen MR) is 88.0 cm³/mol. The summed E-state index contributed by atoms with van der Waals surface area (Å²) in [4.78, 5) is 25.6. The van der Waals surface area contributed by atoms with Crippen LogP contribution in [0.25, 0.3) is 0 Å². The van der Waals surface area contributed by atoms with E-state index in [4.69, 9.17) is 0 Å². The largest absolute Gasteiger partial charge is 0.325 e. The van der Waals surface area contributed by atoms with Crippen LogP contribution in [0.4, 0.5) is 11.4 Å². The minimum atomic E-state index is -0.183. The van der Waals surface area contributed by atoms with Gasteiger partial charge in [-0.3, -0.25) is 9.59 Å². The summed E-state index contributed by atoms with van der Waals surface area (Å²) in [5, 5.41) is 5.61. The van der Waals surface area contributed by atoms with Gasteiger partial charge in [0.05, 0.1) is 6.54 Å². The summed E-state index contributed by atoms with van der Waals surface area (Å²) >= 11 is 0. The fraction of sp³-hybridized carbons (Fsp3) is 0.176. The first-order valence-electron chi connectivity index (χ1n) is 6.95. The highest BCUT2D eigenvalue weighted by atomic mass is 16.2. The maximum Gasteiger partial charge on any atom is 0.255 e. The summed E-state index contributed by atoms with van der Waals surface area (Å²) in [6, 6.07) is 16.1. The molecule has 2 amide bonds. The number of benzene rings is 2. The Morgan fingerprint density at radius 1 is 0.909 bits per heavy atom. The van der Waals surface area contributed by atoms with Gasteiger partial charge in [-0.15, -0.1) is 0 Å². The standard InChI is InChI=1S/C17H19N3O2/c1-20(2)12-16(21)18-14-9-6-10-15(11-14)19-17(22)13-7-4-3-5-8-13/h3-11H,12H2,1-2H3,(H,18,21)(H,19,22). The van der Waals surface area contributed by atoms with Crippen LogP contribution in [-0.2, 0) is 4.79 Å². The van der Waals surface area contributed by atoms with E-state index >= 15 is 0 Å². The molecule has 0 fully saturated rings. The summed E-state index contributed by atoms with van der Waals surface area (Å²) < 4.78 is 0. The van der Waals surface area contributed by atoms with E-state index in [0.29, 0.717) is 23.5 Å². The molecule has 0 radical (unpaired) electrons. The second kappa shape index (κ2) is 7.38. The normalized spacial score (nSPS) is 10.3. The fourth-order valence-corrected chi connectivity index (χ4v) is 1.96. The van der Waals surface area contributed by atoms with Crippen LogP contribution in [0, 0.1) is 0 Å². The smallest absolute Gasteiger partial charge is 0.255 e. The first-order valence-corrected chi connectivity index (χ1v) is 6.95. The molecule has 0 spiro atoms. The summed E-state index contributed by atoms with van der Waals surface area (Å²) in [6.07, 6.45) is 0. The van der Waals surface area contributed by atoms with Gasteiger partial charge in [0.15, 0.2) is 0 Å². The Labute approximate surface area is 129 Å². The molecule has 2 aromatic rings. The van der Waals surface area contributed by atoms with E-state index in [-0.39, 0.29) is 11.8 Å². The molecule has 0 aromatic heterocycles. The predicted octanol–water partition coefficient (Wildman–Crippen LogP) is 2.44. The van der Waals surface area contributed by atoms with Crippen molar-refractivity contribution in [2.75, 3.05) is 31.3 Å². The van der Waals surface area contributed by atoms with E-state index in [1.165, 1.54) is 0 Å². The molecule has 22 heavy (non-hydrogen) atoms. The van der Waals surface area contributed by atoms with Crippen molar-refractivity contribution in [3.05, 3.63) is 60.2 Å². The van der Waals surface area contributed by atoms with Crippen LogP contribution < -0.4 is 10.6 Å². The van der Waals surface area contributed by atoms with E-state index in [1.54, 1.807) is 41.3 Å². The van der Waals surface area contributed by atoms with Gasteiger partial charge in [-0.25, -0.2) is 0 Å². The number of carbonyl (C=O) groups is 2. The first-order chi connectivity index (χ1) is 10.5. The van der Waals surface area contributed by atoms with E-state index < -0.39 is 0 Å². The lowest BCUT2D eigenvalue weighted by atomic mass is 10.2. The van der Waals surface area contributed by atoms with Gasteiger partial charge in [0.1, 0.15) is 0 Å². The van der Waals surface area contributed by atoms with Gasteiger partial charge in [-0.05, 0) is 44.4 Å². The summed E-state index contributed by atoms with van der Waals surface area (Å²) in [5.41, 5.74) is 1.87. The van der Waals surface area contributed by atoms with Gasteiger partial charge in [-0.2, -0.15) is 0 Å². The van der Waals surface area contributed by atoms with Crippen molar-refractivity contribution in [2.24, 2.45) is 0 Å². The number of hydrogen-bond acceptors (Lipinski definition) is 3. The Balaban J connectivity index is 2.02. The maximum absolute atomic E-state index is 12.1. The number of carbonyl (C=O) groups excluding carboxylic acids is 2. The molecule has 114 valence electrons. The van der Waals surface area contributed by atoms with Gasteiger partial charge in [0.2, 0.25) is 5.91 Å². The van der Waals surface area contributed by atoms with Crippen LogP contribution in [0.2, 0.25) is 0 Å². The highest BCUT2D eigenvalue weighted by molar-refractivity contribution is 6.04. The minimum absolute atomic E-state index is 0.100. The highest BCUT2D eigenvalue weighted by Gasteiger charge is 2.07. The maximum atomic E-state index is 12.1. The number of anilines is 2. The second-order valence-electron chi connectivity index (χ2n) is 5.19. The Morgan fingerprint density at radius 2 is 1.55 bits per heavy atom. The fourth-order valence-electron chi connectivity index (χ4n) is 1.96. The third kappa shape index (κ3) is 4.71. The van der Waals surface area contributed by atoms with Crippen molar-refractivity contribution in [1.82, 2.24) is 4.90 Å². The third-order valence-corrected chi connectivity index (χ3v) is 2.90.